The Morgan fingerprint density at radius 1 is 1.27 bits per heavy atom. The average molecular weight is 394 g/mol. The van der Waals surface area contributed by atoms with Gasteiger partial charge in [-0.3, -0.25) is 10.1 Å². The molecule has 1 aromatic heterocycles. The smallest absolute Gasteiger partial charge is 0.291 e. The number of aromatic hydroxyl groups is 1. The SMILES string of the molecule is Nc1cc(C[C@@H](c2nc(-c3ccc(Cl)cc3Cl)co2)[N+](=O)[O-])ccc1O. The highest BCUT2D eigenvalue weighted by atomic mass is 35.5. The summed E-state index contributed by atoms with van der Waals surface area (Å²) < 4.78 is 5.33. The van der Waals surface area contributed by atoms with E-state index in [4.69, 9.17) is 33.4 Å². The number of nitrogens with zero attached hydrogens (tertiary/aromatic N) is 2. The van der Waals surface area contributed by atoms with E-state index in [2.05, 4.69) is 4.98 Å². The Morgan fingerprint density at radius 2 is 2.04 bits per heavy atom. The fourth-order valence-corrected chi connectivity index (χ4v) is 2.97. The lowest BCUT2D eigenvalue weighted by Crippen LogP contribution is -2.14. The molecule has 0 saturated carbocycles. The summed E-state index contributed by atoms with van der Waals surface area (Å²) in [6, 6.07) is 8.06. The van der Waals surface area contributed by atoms with Crippen LogP contribution in [0.5, 0.6) is 5.75 Å². The molecule has 1 heterocycles. The molecule has 0 unspecified atom stereocenters. The molecule has 0 aliphatic carbocycles. The van der Waals surface area contributed by atoms with Crippen LogP contribution in [0.1, 0.15) is 17.5 Å². The van der Waals surface area contributed by atoms with E-state index >= 15 is 0 Å². The molecule has 134 valence electrons. The predicted octanol–water partition coefficient (Wildman–Crippen LogP) is 4.50. The van der Waals surface area contributed by atoms with Gasteiger partial charge in [-0.05, 0) is 35.9 Å². The van der Waals surface area contributed by atoms with Gasteiger partial charge in [-0.25, -0.2) is 4.98 Å². The average Bonchev–Trinajstić information content (AvgIpc) is 3.04. The van der Waals surface area contributed by atoms with Crippen molar-refractivity contribution in [3.63, 3.8) is 0 Å². The Balaban J connectivity index is 1.90. The van der Waals surface area contributed by atoms with Crippen LogP contribution >= 0.6 is 23.2 Å². The zero-order chi connectivity index (χ0) is 18.8. The van der Waals surface area contributed by atoms with Crippen LogP contribution in [0.4, 0.5) is 5.69 Å². The van der Waals surface area contributed by atoms with Crippen LogP contribution in [0.2, 0.25) is 10.0 Å². The molecule has 0 spiro atoms. The summed E-state index contributed by atoms with van der Waals surface area (Å²) in [5.41, 5.74) is 7.29. The van der Waals surface area contributed by atoms with Crippen molar-refractivity contribution in [3.05, 3.63) is 74.3 Å². The number of hydrogen-bond donors (Lipinski definition) is 2. The molecule has 0 aliphatic rings. The third-order valence-corrected chi connectivity index (χ3v) is 4.34. The van der Waals surface area contributed by atoms with Gasteiger partial charge in [0, 0.05) is 21.9 Å². The number of nitrogens with two attached hydrogens (primary N) is 1. The monoisotopic (exact) mass is 393 g/mol. The summed E-state index contributed by atoms with van der Waals surface area (Å²) in [6.45, 7) is 0. The molecular weight excluding hydrogens is 381 g/mol. The van der Waals surface area contributed by atoms with Crippen molar-refractivity contribution >= 4 is 28.9 Å². The molecule has 0 radical (unpaired) electrons. The maximum atomic E-state index is 11.5. The van der Waals surface area contributed by atoms with Crippen LogP contribution in [-0.4, -0.2) is 15.0 Å². The second-order valence-electron chi connectivity index (χ2n) is 5.59. The normalized spacial score (nSPS) is 12.1. The number of phenolic OH excluding ortho intramolecular Hbond substituents is 1. The number of oxazole rings is 1. The van der Waals surface area contributed by atoms with Gasteiger partial charge in [-0.1, -0.05) is 29.3 Å². The number of nitrogen functional groups attached to an aromatic ring is 1. The molecule has 0 fully saturated rings. The van der Waals surface area contributed by atoms with Crippen molar-refractivity contribution in [2.24, 2.45) is 0 Å². The van der Waals surface area contributed by atoms with Crippen molar-refractivity contribution in [1.82, 2.24) is 4.98 Å². The topological polar surface area (TPSA) is 115 Å². The highest BCUT2D eigenvalue weighted by molar-refractivity contribution is 6.36. The molecule has 26 heavy (non-hydrogen) atoms. The van der Waals surface area contributed by atoms with Crippen LogP contribution in [-0.2, 0) is 6.42 Å². The van der Waals surface area contributed by atoms with Crippen LogP contribution in [0.3, 0.4) is 0 Å². The molecular formula is C17H13Cl2N3O4. The fraction of sp³-hybridized carbons (Fsp3) is 0.118. The molecule has 2 aromatic carbocycles. The van der Waals surface area contributed by atoms with Crippen LogP contribution < -0.4 is 5.73 Å². The first-order chi connectivity index (χ1) is 12.3. The number of anilines is 1. The Labute approximate surface area is 158 Å². The van der Waals surface area contributed by atoms with E-state index in [1.807, 2.05) is 0 Å². The predicted molar refractivity (Wildman–Crippen MR) is 97.9 cm³/mol. The summed E-state index contributed by atoms with van der Waals surface area (Å²) in [6.07, 6.45) is 1.32. The lowest BCUT2D eigenvalue weighted by molar-refractivity contribution is -0.532. The number of rotatable bonds is 5. The lowest BCUT2D eigenvalue weighted by atomic mass is 10.1. The van der Waals surface area contributed by atoms with Crippen molar-refractivity contribution in [2.45, 2.75) is 12.5 Å². The Hall–Kier alpha value is -2.77. The van der Waals surface area contributed by atoms with E-state index in [1.54, 1.807) is 24.3 Å². The molecule has 3 N–H and O–H groups in total. The summed E-state index contributed by atoms with van der Waals surface area (Å²) in [5.74, 6) is -0.134. The molecule has 3 aromatic rings. The molecule has 0 bridgehead atoms. The van der Waals surface area contributed by atoms with Gasteiger partial charge in [0.25, 0.3) is 11.9 Å². The first-order valence-electron chi connectivity index (χ1n) is 7.47. The number of benzene rings is 2. The van der Waals surface area contributed by atoms with E-state index < -0.39 is 11.0 Å². The van der Waals surface area contributed by atoms with Crippen LogP contribution in [0, 0.1) is 10.1 Å². The molecule has 1 atom stereocenters. The Morgan fingerprint density at radius 3 is 2.69 bits per heavy atom. The summed E-state index contributed by atoms with van der Waals surface area (Å²) in [4.78, 5) is 15.2. The molecule has 9 heteroatoms. The highest BCUT2D eigenvalue weighted by Gasteiger charge is 2.29. The molecule has 3 rings (SSSR count). The van der Waals surface area contributed by atoms with Gasteiger partial charge in [0.05, 0.1) is 10.7 Å². The maximum absolute atomic E-state index is 11.5. The third-order valence-electron chi connectivity index (χ3n) is 3.79. The van der Waals surface area contributed by atoms with Gasteiger partial charge in [0.2, 0.25) is 0 Å². The van der Waals surface area contributed by atoms with Gasteiger partial charge < -0.3 is 15.3 Å². The number of halogens is 2. The van der Waals surface area contributed by atoms with Gasteiger partial charge >= 0.3 is 0 Å². The van der Waals surface area contributed by atoms with Crippen molar-refractivity contribution < 1.29 is 14.4 Å². The summed E-state index contributed by atoms with van der Waals surface area (Å²) in [7, 11) is 0. The minimum atomic E-state index is -1.21. The molecule has 0 aliphatic heterocycles. The second kappa shape index (κ2) is 7.23. The van der Waals surface area contributed by atoms with Gasteiger partial charge in [0.1, 0.15) is 17.7 Å². The number of phenols is 1. The zero-order valence-electron chi connectivity index (χ0n) is 13.2. The Bertz CT molecular complexity index is 974. The second-order valence-corrected chi connectivity index (χ2v) is 6.44. The fourth-order valence-electron chi connectivity index (χ4n) is 2.47. The number of nitro groups is 1. The summed E-state index contributed by atoms with van der Waals surface area (Å²) in [5, 5.41) is 21.8. The van der Waals surface area contributed by atoms with E-state index in [9.17, 15) is 15.2 Å². The van der Waals surface area contributed by atoms with E-state index in [0.717, 1.165) is 0 Å². The largest absolute Gasteiger partial charge is 0.506 e. The van der Waals surface area contributed by atoms with Crippen molar-refractivity contribution in [1.29, 1.82) is 0 Å². The molecule has 0 amide bonds. The first kappa shape index (κ1) is 18.0. The lowest BCUT2D eigenvalue weighted by Gasteiger charge is -2.07. The van der Waals surface area contributed by atoms with Gasteiger partial charge in [0.15, 0.2) is 0 Å². The van der Waals surface area contributed by atoms with Crippen LogP contribution in [0.15, 0.2) is 47.1 Å². The zero-order valence-corrected chi connectivity index (χ0v) is 14.7. The number of hydrogen-bond acceptors (Lipinski definition) is 6. The van der Waals surface area contributed by atoms with E-state index in [0.29, 0.717) is 26.9 Å². The maximum Gasteiger partial charge on any atom is 0.291 e. The molecule has 7 nitrogen and oxygen atoms in total. The number of aromatic nitrogens is 1. The van der Waals surface area contributed by atoms with Crippen LogP contribution in [0.25, 0.3) is 11.3 Å². The van der Waals surface area contributed by atoms with Gasteiger partial charge in [-0.15, -0.1) is 0 Å². The quantitative estimate of drug-likeness (QED) is 0.285. The standard InChI is InChI=1S/C17H13Cl2N3O4/c18-10-2-3-11(12(19)7-10)14-8-26-17(21-14)15(22(24)25)6-9-1-4-16(23)13(20)5-9/h1-5,7-8,15,23H,6,20H2/t15-/m0/s1. The van der Waals surface area contributed by atoms with E-state index in [-0.39, 0.29) is 23.7 Å². The Kier molecular flexibility index (Phi) is 5.01. The minimum absolute atomic E-state index is 0.00574. The highest BCUT2D eigenvalue weighted by Crippen LogP contribution is 2.32. The van der Waals surface area contributed by atoms with E-state index in [1.165, 1.54) is 18.4 Å². The summed E-state index contributed by atoms with van der Waals surface area (Å²) >= 11 is 12.0. The van der Waals surface area contributed by atoms with Crippen molar-refractivity contribution in [2.75, 3.05) is 5.73 Å². The molecule has 0 saturated heterocycles. The minimum Gasteiger partial charge on any atom is -0.506 e. The third kappa shape index (κ3) is 3.74. The first-order valence-corrected chi connectivity index (χ1v) is 8.22. The van der Waals surface area contributed by atoms with Crippen molar-refractivity contribution in [3.8, 4) is 17.0 Å². The van der Waals surface area contributed by atoms with Gasteiger partial charge in [-0.2, -0.15) is 0 Å².